The molecule has 2 aromatic carbocycles. The molecule has 0 fully saturated rings. The molecule has 0 unspecified atom stereocenters. The van der Waals surface area contributed by atoms with E-state index in [1.807, 2.05) is 30.3 Å². The van der Waals surface area contributed by atoms with Crippen LogP contribution in [0.3, 0.4) is 0 Å². The molecule has 4 rings (SSSR count). The zero-order valence-corrected chi connectivity index (χ0v) is 15.0. The van der Waals surface area contributed by atoms with Crippen molar-refractivity contribution < 1.29 is 13.2 Å². The molecule has 132 valence electrons. The molecule has 2 heterocycles. The summed E-state index contributed by atoms with van der Waals surface area (Å²) in [6.07, 6.45) is -4.69. The van der Waals surface area contributed by atoms with Gasteiger partial charge in [0, 0.05) is 4.90 Å². The number of alkyl halides is 3. The second-order valence-corrected chi connectivity index (χ2v) is 7.14. The lowest BCUT2D eigenvalue weighted by Gasteiger charge is -2.10. The van der Waals surface area contributed by atoms with Gasteiger partial charge >= 0.3 is 6.18 Å². The van der Waals surface area contributed by atoms with Gasteiger partial charge in [0.15, 0.2) is 5.65 Å². The monoisotopic (exact) mass is 414 g/mol. The van der Waals surface area contributed by atoms with Crippen molar-refractivity contribution in [2.24, 2.45) is 0 Å². The van der Waals surface area contributed by atoms with Crippen molar-refractivity contribution >= 4 is 51.6 Å². The van der Waals surface area contributed by atoms with Crippen molar-refractivity contribution in [3.63, 3.8) is 0 Å². The summed E-state index contributed by atoms with van der Waals surface area (Å²) in [5.74, 6) is -1.15. The smallest absolute Gasteiger partial charge is 0.267 e. The Morgan fingerprint density at radius 3 is 2.35 bits per heavy atom. The van der Waals surface area contributed by atoms with Crippen molar-refractivity contribution in [3.05, 3.63) is 58.3 Å². The second-order valence-electron chi connectivity index (χ2n) is 5.27. The molecule has 4 aromatic rings. The van der Waals surface area contributed by atoms with Gasteiger partial charge in [0.05, 0.1) is 21.1 Å². The topological polar surface area (TPSA) is 43.1 Å². The van der Waals surface area contributed by atoms with E-state index in [0.29, 0.717) is 0 Å². The van der Waals surface area contributed by atoms with Gasteiger partial charge in [0.1, 0.15) is 5.03 Å². The van der Waals surface area contributed by atoms with E-state index < -0.39 is 12.0 Å². The van der Waals surface area contributed by atoms with Gasteiger partial charge in [-0.3, -0.25) is 4.40 Å². The standard InChI is InChI=1S/C16H7Cl2F3N4S/c17-9-6-11-12(7-10(9)18)25-13(23-24-15(25)16(19,20)21)14(22-11)26-8-4-2-1-3-5-8/h1-7H. The summed E-state index contributed by atoms with van der Waals surface area (Å²) in [5.41, 5.74) is 0.386. The molecule has 0 aliphatic carbocycles. The molecule has 0 N–H and O–H groups in total. The van der Waals surface area contributed by atoms with Crippen molar-refractivity contribution in [1.82, 2.24) is 19.6 Å². The molecule has 4 nitrogen and oxygen atoms in total. The highest BCUT2D eigenvalue weighted by Crippen LogP contribution is 2.37. The Morgan fingerprint density at radius 2 is 1.65 bits per heavy atom. The first-order valence-corrected chi connectivity index (χ1v) is 8.76. The minimum Gasteiger partial charge on any atom is -0.267 e. The quantitative estimate of drug-likeness (QED) is 0.418. The summed E-state index contributed by atoms with van der Waals surface area (Å²) in [5, 5.41) is 7.64. The maximum Gasteiger partial charge on any atom is 0.452 e. The molecule has 0 spiro atoms. The highest BCUT2D eigenvalue weighted by atomic mass is 35.5. The van der Waals surface area contributed by atoms with Crippen molar-refractivity contribution in [3.8, 4) is 0 Å². The lowest BCUT2D eigenvalue weighted by molar-refractivity contribution is -0.145. The third-order valence-corrected chi connectivity index (χ3v) is 5.24. The van der Waals surface area contributed by atoms with Gasteiger partial charge < -0.3 is 0 Å². The highest BCUT2D eigenvalue weighted by Gasteiger charge is 2.38. The van der Waals surface area contributed by atoms with E-state index in [-0.39, 0.29) is 31.8 Å². The van der Waals surface area contributed by atoms with E-state index in [0.717, 1.165) is 9.30 Å². The number of rotatable bonds is 2. The van der Waals surface area contributed by atoms with E-state index in [4.69, 9.17) is 23.2 Å². The lowest BCUT2D eigenvalue weighted by atomic mass is 10.3. The minimum atomic E-state index is -4.69. The van der Waals surface area contributed by atoms with Crippen LogP contribution in [-0.2, 0) is 6.18 Å². The van der Waals surface area contributed by atoms with Crippen LogP contribution in [-0.4, -0.2) is 19.6 Å². The van der Waals surface area contributed by atoms with Gasteiger partial charge in [-0.25, -0.2) is 4.98 Å². The maximum absolute atomic E-state index is 13.4. The summed E-state index contributed by atoms with van der Waals surface area (Å²) < 4.78 is 41.1. The van der Waals surface area contributed by atoms with Crippen LogP contribution in [0.5, 0.6) is 0 Å². The van der Waals surface area contributed by atoms with Crippen LogP contribution in [0.2, 0.25) is 10.0 Å². The Labute approximate surface area is 159 Å². The fourth-order valence-electron chi connectivity index (χ4n) is 2.46. The predicted octanol–water partition coefficient (Wildman–Crippen LogP) is 5.75. The summed E-state index contributed by atoms with van der Waals surface area (Å²) in [6, 6.07) is 11.9. The number of hydrogen-bond donors (Lipinski definition) is 0. The van der Waals surface area contributed by atoms with E-state index in [2.05, 4.69) is 15.2 Å². The average Bonchev–Trinajstić information content (AvgIpc) is 3.04. The largest absolute Gasteiger partial charge is 0.452 e. The molecule has 0 atom stereocenters. The zero-order valence-electron chi connectivity index (χ0n) is 12.6. The molecule has 0 radical (unpaired) electrons. The summed E-state index contributed by atoms with van der Waals surface area (Å²) >= 11 is 13.2. The Bertz CT molecular complexity index is 1130. The molecule has 0 saturated heterocycles. The Kier molecular flexibility index (Phi) is 4.21. The van der Waals surface area contributed by atoms with Crippen LogP contribution in [0.15, 0.2) is 52.4 Å². The molecule has 0 bridgehead atoms. The fourth-order valence-corrected chi connectivity index (χ4v) is 3.66. The molecule has 0 saturated carbocycles. The normalized spacial score (nSPS) is 12.2. The van der Waals surface area contributed by atoms with E-state index >= 15 is 0 Å². The summed E-state index contributed by atoms with van der Waals surface area (Å²) in [4.78, 5) is 5.23. The first-order chi connectivity index (χ1) is 12.3. The first kappa shape index (κ1) is 17.4. The van der Waals surface area contributed by atoms with Crippen molar-refractivity contribution in [2.45, 2.75) is 16.1 Å². The third kappa shape index (κ3) is 2.98. The first-order valence-electron chi connectivity index (χ1n) is 7.18. The number of nitrogens with zero attached hydrogens (tertiary/aromatic N) is 4. The maximum atomic E-state index is 13.4. The van der Waals surface area contributed by atoms with Gasteiger partial charge in [0.2, 0.25) is 5.82 Å². The number of halogens is 5. The van der Waals surface area contributed by atoms with Gasteiger partial charge in [-0.1, -0.05) is 53.2 Å². The van der Waals surface area contributed by atoms with Crippen molar-refractivity contribution in [2.75, 3.05) is 0 Å². The number of aromatic nitrogens is 4. The molecular weight excluding hydrogens is 408 g/mol. The van der Waals surface area contributed by atoms with Gasteiger partial charge in [-0.2, -0.15) is 13.2 Å². The SMILES string of the molecule is FC(F)(F)c1nnc2c(Sc3ccccc3)nc3cc(Cl)c(Cl)cc3n12. The molecule has 26 heavy (non-hydrogen) atoms. The molecule has 2 aromatic heterocycles. The fraction of sp³-hybridized carbons (Fsp3) is 0.0625. The molecule has 10 heteroatoms. The van der Waals surface area contributed by atoms with Crippen LogP contribution in [0, 0.1) is 0 Å². The van der Waals surface area contributed by atoms with Crippen LogP contribution in [0.1, 0.15) is 5.82 Å². The second kappa shape index (κ2) is 6.29. The van der Waals surface area contributed by atoms with Gasteiger partial charge in [-0.05, 0) is 24.3 Å². The lowest BCUT2D eigenvalue weighted by Crippen LogP contribution is -2.11. The Balaban J connectivity index is 2.06. The van der Waals surface area contributed by atoms with Crippen molar-refractivity contribution in [1.29, 1.82) is 0 Å². The van der Waals surface area contributed by atoms with Crippen LogP contribution < -0.4 is 0 Å². The van der Waals surface area contributed by atoms with Crippen LogP contribution >= 0.6 is 35.0 Å². The number of hydrogen-bond acceptors (Lipinski definition) is 4. The molecule has 0 aliphatic rings. The third-order valence-electron chi connectivity index (χ3n) is 3.55. The highest BCUT2D eigenvalue weighted by molar-refractivity contribution is 7.99. The number of fused-ring (bicyclic) bond motifs is 3. The van der Waals surface area contributed by atoms with E-state index in [1.165, 1.54) is 23.9 Å². The molecule has 0 amide bonds. The predicted molar refractivity (Wildman–Crippen MR) is 93.9 cm³/mol. The summed E-state index contributed by atoms with van der Waals surface area (Å²) in [7, 11) is 0. The van der Waals surface area contributed by atoms with Gasteiger partial charge in [-0.15, -0.1) is 10.2 Å². The Hall–Kier alpha value is -2.03. The average molecular weight is 415 g/mol. The zero-order chi connectivity index (χ0) is 18.5. The summed E-state index contributed by atoms with van der Waals surface area (Å²) in [6.45, 7) is 0. The minimum absolute atomic E-state index is 0.00272. The van der Waals surface area contributed by atoms with Gasteiger partial charge in [0.25, 0.3) is 0 Å². The molecule has 0 aliphatic heterocycles. The Morgan fingerprint density at radius 1 is 0.962 bits per heavy atom. The van der Waals surface area contributed by atoms with Crippen LogP contribution in [0.4, 0.5) is 13.2 Å². The van der Waals surface area contributed by atoms with E-state index in [1.54, 1.807) is 0 Å². The van der Waals surface area contributed by atoms with Crippen LogP contribution in [0.25, 0.3) is 16.7 Å². The number of benzene rings is 2. The molecular formula is C16H7Cl2F3N4S. The van der Waals surface area contributed by atoms with E-state index in [9.17, 15) is 13.2 Å².